The predicted molar refractivity (Wildman–Crippen MR) is 185 cm³/mol. The summed E-state index contributed by atoms with van der Waals surface area (Å²) < 4.78 is 8.37. The summed E-state index contributed by atoms with van der Waals surface area (Å²) in [4.78, 5) is 19.9. The van der Waals surface area contributed by atoms with Crippen LogP contribution in [-0.2, 0) is 0 Å². The quantitative estimate of drug-likeness (QED) is 0.205. The van der Waals surface area contributed by atoms with Gasteiger partial charge in [-0.05, 0) is 57.9 Å². The SMILES string of the molecule is c1ccc2cc(-c3nc(-c4cccc5oc6cnccc6c45)nc(-n4c5ccccc5c5cc6ccccc6cc54)n3)ccc2c1. The van der Waals surface area contributed by atoms with E-state index in [1.165, 1.54) is 10.8 Å². The first-order valence-corrected chi connectivity index (χ1v) is 15.2. The highest BCUT2D eigenvalue weighted by molar-refractivity contribution is 6.14. The lowest BCUT2D eigenvalue weighted by Crippen LogP contribution is -2.06. The predicted octanol–water partition coefficient (Wildman–Crippen LogP) is 9.90. The molecule has 0 saturated carbocycles. The van der Waals surface area contributed by atoms with E-state index in [1.54, 1.807) is 12.4 Å². The number of fused-ring (bicyclic) bond motifs is 8. The Balaban J connectivity index is 1.32. The van der Waals surface area contributed by atoms with Crippen LogP contribution >= 0.6 is 0 Å². The number of hydrogen-bond donors (Lipinski definition) is 0. The molecule has 0 fully saturated rings. The molecule has 0 aliphatic carbocycles. The lowest BCUT2D eigenvalue weighted by Gasteiger charge is -2.12. The van der Waals surface area contributed by atoms with Crippen LogP contribution in [0.1, 0.15) is 0 Å². The molecular weight excluding hydrogens is 566 g/mol. The zero-order valence-electron chi connectivity index (χ0n) is 24.4. The molecule has 4 heterocycles. The molecule has 0 bridgehead atoms. The molecular formula is C40H23N5O. The first-order valence-electron chi connectivity index (χ1n) is 15.2. The smallest absolute Gasteiger partial charge is 0.238 e. The Morgan fingerprint density at radius 1 is 0.500 bits per heavy atom. The van der Waals surface area contributed by atoms with Crippen LogP contribution < -0.4 is 0 Å². The van der Waals surface area contributed by atoms with Crippen molar-refractivity contribution in [2.24, 2.45) is 0 Å². The summed E-state index contributed by atoms with van der Waals surface area (Å²) in [6.07, 6.45) is 3.54. The van der Waals surface area contributed by atoms with Gasteiger partial charge in [-0.15, -0.1) is 0 Å². The van der Waals surface area contributed by atoms with E-state index in [2.05, 4.69) is 119 Å². The van der Waals surface area contributed by atoms with Crippen molar-refractivity contribution in [3.05, 3.63) is 140 Å². The van der Waals surface area contributed by atoms with Gasteiger partial charge < -0.3 is 4.42 Å². The van der Waals surface area contributed by atoms with Crippen LogP contribution in [0.4, 0.5) is 0 Å². The molecule has 6 aromatic carbocycles. The van der Waals surface area contributed by atoms with Crippen molar-refractivity contribution in [1.29, 1.82) is 0 Å². The molecule has 4 aromatic heterocycles. The molecule has 10 rings (SSSR count). The molecule has 0 amide bonds. The van der Waals surface area contributed by atoms with E-state index < -0.39 is 0 Å². The van der Waals surface area contributed by atoms with Crippen LogP contribution in [0.2, 0.25) is 0 Å². The third kappa shape index (κ3) is 3.70. The van der Waals surface area contributed by atoms with Crippen molar-refractivity contribution in [1.82, 2.24) is 24.5 Å². The second-order valence-electron chi connectivity index (χ2n) is 11.6. The van der Waals surface area contributed by atoms with Gasteiger partial charge in [0, 0.05) is 38.9 Å². The molecule has 0 N–H and O–H groups in total. The Hall–Kier alpha value is -6.40. The van der Waals surface area contributed by atoms with Crippen LogP contribution in [0.15, 0.2) is 144 Å². The minimum absolute atomic E-state index is 0.557. The molecule has 6 heteroatoms. The van der Waals surface area contributed by atoms with Gasteiger partial charge in [0.2, 0.25) is 5.95 Å². The van der Waals surface area contributed by atoms with Crippen LogP contribution in [0.25, 0.3) is 94.0 Å². The highest BCUT2D eigenvalue weighted by Crippen LogP contribution is 2.38. The number of rotatable bonds is 3. The summed E-state index contributed by atoms with van der Waals surface area (Å²) in [7, 11) is 0. The lowest BCUT2D eigenvalue weighted by atomic mass is 10.1. The Kier molecular flexibility index (Phi) is 5.19. The Morgan fingerprint density at radius 2 is 1.26 bits per heavy atom. The van der Waals surface area contributed by atoms with Gasteiger partial charge in [0.15, 0.2) is 17.2 Å². The maximum Gasteiger partial charge on any atom is 0.238 e. The van der Waals surface area contributed by atoms with E-state index in [9.17, 15) is 0 Å². The molecule has 0 atom stereocenters. The van der Waals surface area contributed by atoms with E-state index in [0.29, 0.717) is 17.6 Å². The fraction of sp³-hybridized carbons (Fsp3) is 0. The van der Waals surface area contributed by atoms with Gasteiger partial charge in [-0.2, -0.15) is 9.97 Å². The average Bonchev–Trinajstić information content (AvgIpc) is 3.66. The van der Waals surface area contributed by atoms with Gasteiger partial charge in [0.05, 0.1) is 17.2 Å². The monoisotopic (exact) mass is 589 g/mol. The number of aromatic nitrogens is 5. The Morgan fingerprint density at radius 3 is 2.15 bits per heavy atom. The van der Waals surface area contributed by atoms with Crippen molar-refractivity contribution >= 4 is 65.3 Å². The molecule has 0 aliphatic heterocycles. The standard InChI is InChI=1S/C40H23N5O/c1-2-9-25-20-28(17-16-24(25)8-1)38-42-39(31-13-7-15-35-37(31)30-18-19-41-23-36(30)46-35)44-40(43-38)45-33-14-6-5-12-29(33)32-21-26-10-3-4-11-27(26)22-34(32)45/h1-23H. The van der Waals surface area contributed by atoms with E-state index in [0.717, 1.165) is 65.6 Å². The fourth-order valence-corrected chi connectivity index (χ4v) is 6.78. The molecule has 0 saturated heterocycles. The zero-order chi connectivity index (χ0) is 30.2. The van der Waals surface area contributed by atoms with Crippen molar-refractivity contribution in [2.75, 3.05) is 0 Å². The number of pyridine rings is 1. The van der Waals surface area contributed by atoms with E-state index in [1.807, 2.05) is 18.2 Å². The molecule has 0 radical (unpaired) electrons. The summed E-state index contributed by atoms with van der Waals surface area (Å²) in [5, 5.41) is 8.87. The third-order valence-corrected chi connectivity index (χ3v) is 8.91. The van der Waals surface area contributed by atoms with Gasteiger partial charge in [-0.1, -0.05) is 91.0 Å². The summed E-state index contributed by atoms with van der Waals surface area (Å²) in [6, 6.07) is 44.1. The largest absolute Gasteiger partial charge is 0.454 e. The minimum atomic E-state index is 0.557. The summed E-state index contributed by atoms with van der Waals surface area (Å²) >= 11 is 0. The van der Waals surface area contributed by atoms with Crippen molar-refractivity contribution < 1.29 is 4.42 Å². The first-order chi connectivity index (χ1) is 22.8. The highest BCUT2D eigenvalue weighted by Gasteiger charge is 2.21. The van der Waals surface area contributed by atoms with Gasteiger partial charge in [-0.25, -0.2) is 4.98 Å². The number of hydrogen-bond acceptors (Lipinski definition) is 5. The summed E-state index contributed by atoms with van der Waals surface area (Å²) in [5.41, 5.74) is 5.36. The second kappa shape index (κ2) is 9.55. The van der Waals surface area contributed by atoms with E-state index in [4.69, 9.17) is 19.4 Å². The third-order valence-electron chi connectivity index (χ3n) is 8.91. The first kappa shape index (κ1) is 25.0. The topological polar surface area (TPSA) is 69.6 Å². The van der Waals surface area contributed by atoms with Crippen LogP contribution in [0, 0.1) is 0 Å². The molecule has 0 unspecified atom stereocenters. The number of furan rings is 1. The molecule has 10 aromatic rings. The van der Waals surface area contributed by atoms with Crippen molar-refractivity contribution in [3.63, 3.8) is 0 Å². The highest BCUT2D eigenvalue weighted by atomic mass is 16.3. The maximum absolute atomic E-state index is 6.20. The molecule has 6 nitrogen and oxygen atoms in total. The molecule has 0 aliphatic rings. The van der Waals surface area contributed by atoms with Gasteiger partial charge >= 0.3 is 0 Å². The fourth-order valence-electron chi connectivity index (χ4n) is 6.78. The summed E-state index contributed by atoms with van der Waals surface area (Å²) in [6.45, 7) is 0. The molecule has 46 heavy (non-hydrogen) atoms. The van der Waals surface area contributed by atoms with E-state index >= 15 is 0 Å². The molecule has 0 spiro atoms. The average molecular weight is 590 g/mol. The van der Waals surface area contributed by atoms with Gasteiger partial charge in [0.1, 0.15) is 5.58 Å². The number of para-hydroxylation sites is 1. The van der Waals surface area contributed by atoms with Crippen LogP contribution in [0.3, 0.4) is 0 Å². The number of benzene rings is 6. The molecule has 214 valence electrons. The second-order valence-corrected chi connectivity index (χ2v) is 11.6. The van der Waals surface area contributed by atoms with Gasteiger partial charge in [0.25, 0.3) is 0 Å². The Bertz CT molecular complexity index is 2830. The minimum Gasteiger partial charge on any atom is -0.454 e. The Labute approximate surface area is 262 Å². The van der Waals surface area contributed by atoms with Crippen molar-refractivity contribution in [3.8, 4) is 28.7 Å². The maximum atomic E-state index is 6.20. The van der Waals surface area contributed by atoms with Crippen molar-refractivity contribution in [2.45, 2.75) is 0 Å². The number of nitrogens with zero attached hydrogens (tertiary/aromatic N) is 5. The van der Waals surface area contributed by atoms with Crippen LogP contribution in [0.5, 0.6) is 0 Å². The lowest BCUT2D eigenvalue weighted by molar-refractivity contribution is 0.667. The normalized spacial score (nSPS) is 11.9. The van der Waals surface area contributed by atoms with E-state index in [-0.39, 0.29) is 0 Å². The van der Waals surface area contributed by atoms with Crippen LogP contribution in [-0.4, -0.2) is 24.5 Å². The summed E-state index contributed by atoms with van der Waals surface area (Å²) in [5.74, 6) is 1.73. The van der Waals surface area contributed by atoms with Gasteiger partial charge in [-0.3, -0.25) is 9.55 Å². The zero-order valence-corrected chi connectivity index (χ0v) is 24.4.